The van der Waals surface area contributed by atoms with E-state index >= 15 is 0 Å². The van der Waals surface area contributed by atoms with E-state index < -0.39 is 10.2 Å². The second-order valence-electron chi connectivity index (χ2n) is 3.14. The third kappa shape index (κ3) is 2.46. The van der Waals surface area contributed by atoms with Gasteiger partial charge in [-0.15, -0.1) is 0 Å². The highest BCUT2D eigenvalue weighted by Crippen LogP contribution is 2.08. The van der Waals surface area contributed by atoms with Crippen LogP contribution >= 0.6 is 0 Å². The van der Waals surface area contributed by atoms with Crippen molar-refractivity contribution < 1.29 is 12.9 Å². The van der Waals surface area contributed by atoms with Gasteiger partial charge in [-0.3, -0.25) is 4.72 Å². The molecule has 0 radical (unpaired) electrons. The minimum atomic E-state index is -3.49. The molecule has 8 heteroatoms. The average molecular weight is 232 g/mol. The lowest BCUT2D eigenvalue weighted by atomic mass is 10.4. The van der Waals surface area contributed by atoms with E-state index in [2.05, 4.69) is 19.7 Å². The minimum absolute atomic E-state index is 0.202. The minimum Gasteiger partial charge on any atom is -0.363 e. The number of piperazine rings is 1. The molecular formula is C7H12N4O3S. The van der Waals surface area contributed by atoms with Crippen LogP contribution in [0.3, 0.4) is 0 Å². The second-order valence-corrected chi connectivity index (χ2v) is 4.81. The molecule has 2 heterocycles. The zero-order chi connectivity index (χ0) is 10.7. The van der Waals surface area contributed by atoms with Crippen LogP contribution in [-0.2, 0) is 10.2 Å². The van der Waals surface area contributed by atoms with Crippen molar-refractivity contribution in [3.63, 3.8) is 0 Å². The van der Waals surface area contributed by atoms with E-state index in [9.17, 15) is 8.42 Å². The van der Waals surface area contributed by atoms with E-state index in [0.29, 0.717) is 26.2 Å². The van der Waals surface area contributed by atoms with Gasteiger partial charge in [-0.25, -0.2) is 0 Å². The molecule has 0 unspecified atom stereocenters. The van der Waals surface area contributed by atoms with Crippen LogP contribution in [0.4, 0.5) is 5.82 Å². The Hall–Kier alpha value is -1.12. The Kier molecular flexibility index (Phi) is 2.89. The highest BCUT2D eigenvalue weighted by molar-refractivity contribution is 7.90. The highest BCUT2D eigenvalue weighted by atomic mass is 32.2. The van der Waals surface area contributed by atoms with Gasteiger partial charge in [-0.2, -0.15) is 12.7 Å². The summed E-state index contributed by atoms with van der Waals surface area (Å²) in [5.74, 6) is 0.202. The Bertz CT molecular complexity index is 396. The van der Waals surface area contributed by atoms with Crippen LogP contribution in [-0.4, -0.2) is 44.1 Å². The highest BCUT2D eigenvalue weighted by Gasteiger charge is 2.24. The molecular weight excluding hydrogens is 220 g/mol. The Morgan fingerprint density at radius 1 is 1.47 bits per heavy atom. The van der Waals surface area contributed by atoms with Gasteiger partial charge in [0.05, 0.1) is 0 Å². The van der Waals surface area contributed by atoms with E-state index in [4.69, 9.17) is 0 Å². The van der Waals surface area contributed by atoms with E-state index in [1.165, 1.54) is 16.6 Å². The molecule has 2 N–H and O–H groups in total. The first-order valence-corrected chi connectivity index (χ1v) is 6.01. The van der Waals surface area contributed by atoms with Crippen molar-refractivity contribution in [2.24, 2.45) is 0 Å². The van der Waals surface area contributed by atoms with E-state index in [-0.39, 0.29) is 5.82 Å². The maximum atomic E-state index is 11.8. The van der Waals surface area contributed by atoms with Gasteiger partial charge < -0.3 is 9.84 Å². The summed E-state index contributed by atoms with van der Waals surface area (Å²) in [4.78, 5) is 0. The van der Waals surface area contributed by atoms with Gasteiger partial charge >= 0.3 is 10.2 Å². The standard InChI is InChI=1S/C7H12N4O3S/c12-15(13,10-7-1-6-14-9-7)11-4-2-8-3-5-11/h1,6,8H,2-5H2,(H,9,10). The predicted octanol–water partition coefficient (Wildman–Crippen LogP) is -0.763. The predicted molar refractivity (Wildman–Crippen MR) is 53.5 cm³/mol. The molecule has 0 bridgehead atoms. The molecule has 0 atom stereocenters. The van der Waals surface area contributed by atoms with Crippen molar-refractivity contribution >= 4 is 16.0 Å². The largest absolute Gasteiger partial charge is 0.363 e. The smallest absolute Gasteiger partial charge is 0.302 e. The molecule has 1 fully saturated rings. The summed E-state index contributed by atoms with van der Waals surface area (Å²) in [5, 5.41) is 6.57. The lowest BCUT2D eigenvalue weighted by Gasteiger charge is -2.26. The fourth-order valence-electron chi connectivity index (χ4n) is 1.35. The van der Waals surface area contributed by atoms with Gasteiger partial charge in [0.2, 0.25) is 0 Å². The summed E-state index contributed by atoms with van der Waals surface area (Å²) in [6, 6.07) is 1.46. The maximum absolute atomic E-state index is 11.8. The van der Waals surface area contributed by atoms with Crippen LogP contribution in [0.1, 0.15) is 0 Å². The van der Waals surface area contributed by atoms with Crippen molar-refractivity contribution in [3.8, 4) is 0 Å². The number of hydrogen-bond donors (Lipinski definition) is 2. The molecule has 0 spiro atoms. The molecule has 0 aliphatic carbocycles. The van der Waals surface area contributed by atoms with Gasteiger partial charge in [0, 0.05) is 32.2 Å². The van der Waals surface area contributed by atoms with Crippen LogP contribution < -0.4 is 10.0 Å². The number of anilines is 1. The summed E-state index contributed by atoms with van der Waals surface area (Å²) in [5.41, 5.74) is 0. The summed E-state index contributed by atoms with van der Waals surface area (Å²) in [7, 11) is -3.49. The summed E-state index contributed by atoms with van der Waals surface area (Å²) in [6.07, 6.45) is 1.32. The van der Waals surface area contributed by atoms with Gasteiger partial charge in [-0.05, 0) is 0 Å². The SMILES string of the molecule is O=S(=O)(Nc1ccon1)N1CCNCC1. The van der Waals surface area contributed by atoms with Gasteiger partial charge in [0.25, 0.3) is 0 Å². The molecule has 1 aliphatic heterocycles. The van der Waals surface area contributed by atoms with Crippen molar-refractivity contribution in [1.82, 2.24) is 14.8 Å². The van der Waals surface area contributed by atoms with Crippen molar-refractivity contribution in [3.05, 3.63) is 12.3 Å². The monoisotopic (exact) mass is 232 g/mol. The average Bonchev–Trinajstić information content (AvgIpc) is 2.71. The van der Waals surface area contributed by atoms with Crippen LogP contribution in [0.25, 0.3) is 0 Å². The Morgan fingerprint density at radius 3 is 2.80 bits per heavy atom. The van der Waals surface area contributed by atoms with Crippen LogP contribution in [0.5, 0.6) is 0 Å². The number of aromatic nitrogens is 1. The quantitative estimate of drug-likeness (QED) is 0.715. The molecule has 15 heavy (non-hydrogen) atoms. The summed E-state index contributed by atoms with van der Waals surface area (Å²) < 4.78 is 31.8. The number of hydrogen-bond acceptors (Lipinski definition) is 5. The van der Waals surface area contributed by atoms with Crippen molar-refractivity contribution in [1.29, 1.82) is 0 Å². The molecule has 1 saturated heterocycles. The van der Waals surface area contributed by atoms with Crippen molar-refractivity contribution in [2.75, 3.05) is 30.9 Å². The number of nitrogens with one attached hydrogen (secondary N) is 2. The molecule has 84 valence electrons. The van der Waals surface area contributed by atoms with Crippen molar-refractivity contribution in [2.45, 2.75) is 0 Å². The van der Waals surface area contributed by atoms with E-state index in [1.807, 2.05) is 0 Å². The van der Waals surface area contributed by atoms with Crippen LogP contribution in [0.2, 0.25) is 0 Å². The zero-order valence-electron chi connectivity index (χ0n) is 8.01. The Morgan fingerprint density at radius 2 is 2.20 bits per heavy atom. The zero-order valence-corrected chi connectivity index (χ0v) is 8.83. The molecule has 1 aromatic heterocycles. The molecule has 0 amide bonds. The third-order valence-electron chi connectivity index (χ3n) is 2.09. The topological polar surface area (TPSA) is 87.5 Å². The fourth-order valence-corrected chi connectivity index (χ4v) is 2.51. The van der Waals surface area contributed by atoms with Crippen LogP contribution in [0, 0.1) is 0 Å². The lowest BCUT2D eigenvalue weighted by molar-refractivity contribution is 0.362. The van der Waals surface area contributed by atoms with Gasteiger partial charge in [-0.1, -0.05) is 5.16 Å². The first-order chi connectivity index (χ1) is 7.18. The number of rotatable bonds is 3. The molecule has 0 aromatic carbocycles. The lowest BCUT2D eigenvalue weighted by Crippen LogP contribution is -2.48. The second kappa shape index (κ2) is 4.17. The normalized spacial score (nSPS) is 18.9. The molecule has 0 saturated carbocycles. The molecule has 1 aromatic rings. The van der Waals surface area contributed by atoms with Gasteiger partial charge in [0.15, 0.2) is 5.82 Å². The maximum Gasteiger partial charge on any atom is 0.302 e. The molecule has 2 rings (SSSR count). The first kappa shape index (κ1) is 10.4. The molecule has 1 aliphatic rings. The Balaban J connectivity index is 2.05. The summed E-state index contributed by atoms with van der Waals surface area (Å²) >= 11 is 0. The Labute approximate surface area is 87.6 Å². The summed E-state index contributed by atoms with van der Waals surface area (Å²) in [6.45, 7) is 2.26. The third-order valence-corrected chi connectivity index (χ3v) is 3.60. The van der Waals surface area contributed by atoms with E-state index in [1.54, 1.807) is 0 Å². The van der Waals surface area contributed by atoms with Crippen LogP contribution in [0.15, 0.2) is 16.9 Å². The number of nitrogens with zero attached hydrogens (tertiary/aromatic N) is 2. The van der Waals surface area contributed by atoms with E-state index in [0.717, 1.165) is 0 Å². The first-order valence-electron chi connectivity index (χ1n) is 4.57. The fraction of sp³-hybridized carbons (Fsp3) is 0.571. The molecule has 7 nitrogen and oxygen atoms in total. The van der Waals surface area contributed by atoms with Gasteiger partial charge in [0.1, 0.15) is 6.26 Å².